The summed E-state index contributed by atoms with van der Waals surface area (Å²) in [6.07, 6.45) is 0. The topological polar surface area (TPSA) is 60.0 Å². The van der Waals surface area contributed by atoms with E-state index in [0.717, 1.165) is 25.2 Å². The van der Waals surface area contributed by atoms with Crippen LogP contribution in [0.5, 0.6) is 17.2 Å². The van der Waals surface area contributed by atoms with Crippen molar-refractivity contribution in [1.82, 2.24) is 4.90 Å². The lowest BCUT2D eigenvalue weighted by atomic mass is 10.1. The molecular formula is C22H30N2O4. The van der Waals surface area contributed by atoms with Gasteiger partial charge in [-0.15, -0.1) is 0 Å². The lowest BCUT2D eigenvalue weighted by molar-refractivity contribution is 0.102. The number of hydrogen-bond donors (Lipinski definition) is 1. The number of likely N-dealkylation sites (N-methyl/N-ethyl adjacent to an activating group) is 1. The Labute approximate surface area is 167 Å². The van der Waals surface area contributed by atoms with Crippen LogP contribution in [0.25, 0.3) is 0 Å². The number of anilines is 1. The number of hydrogen-bond acceptors (Lipinski definition) is 5. The first-order valence-corrected chi connectivity index (χ1v) is 9.52. The molecule has 0 unspecified atom stereocenters. The zero-order chi connectivity index (χ0) is 20.5. The molecule has 2 aromatic carbocycles. The van der Waals surface area contributed by atoms with Gasteiger partial charge < -0.3 is 24.4 Å². The summed E-state index contributed by atoms with van der Waals surface area (Å²) in [4.78, 5) is 15.1. The van der Waals surface area contributed by atoms with E-state index in [0.29, 0.717) is 35.1 Å². The number of nitrogens with zero attached hydrogens (tertiary/aromatic N) is 1. The molecule has 0 heterocycles. The Morgan fingerprint density at radius 1 is 1.00 bits per heavy atom. The smallest absolute Gasteiger partial charge is 0.256 e. The first kappa shape index (κ1) is 21.6. The third kappa shape index (κ3) is 5.39. The van der Waals surface area contributed by atoms with E-state index < -0.39 is 0 Å². The number of carbonyl (C=O) groups is 1. The maximum atomic E-state index is 12.8. The fourth-order valence-corrected chi connectivity index (χ4v) is 2.93. The summed E-state index contributed by atoms with van der Waals surface area (Å²) < 4.78 is 16.6. The lowest BCUT2D eigenvalue weighted by Gasteiger charge is -2.19. The van der Waals surface area contributed by atoms with E-state index in [1.54, 1.807) is 26.4 Å². The van der Waals surface area contributed by atoms with Crippen LogP contribution in [0.1, 0.15) is 29.8 Å². The summed E-state index contributed by atoms with van der Waals surface area (Å²) in [6, 6.07) is 10.8. The second-order valence-corrected chi connectivity index (χ2v) is 6.33. The van der Waals surface area contributed by atoms with Crippen LogP contribution >= 0.6 is 0 Å². The molecular weight excluding hydrogens is 356 g/mol. The van der Waals surface area contributed by atoms with Crippen molar-refractivity contribution in [2.75, 3.05) is 45.8 Å². The number of methoxy groups -OCH3 is 2. The normalized spacial score (nSPS) is 10.6. The molecule has 2 aromatic rings. The molecule has 0 aliphatic heterocycles. The largest absolute Gasteiger partial charge is 0.496 e. The van der Waals surface area contributed by atoms with Crippen molar-refractivity contribution in [2.45, 2.75) is 20.8 Å². The number of ether oxygens (including phenoxy) is 3. The summed E-state index contributed by atoms with van der Waals surface area (Å²) >= 11 is 0. The molecule has 0 saturated heterocycles. The van der Waals surface area contributed by atoms with Crippen molar-refractivity contribution in [3.05, 3.63) is 47.5 Å². The van der Waals surface area contributed by atoms with Crippen molar-refractivity contribution in [1.29, 1.82) is 0 Å². The third-order valence-electron chi connectivity index (χ3n) is 4.71. The number of benzene rings is 2. The summed E-state index contributed by atoms with van der Waals surface area (Å²) in [6.45, 7) is 9.50. The van der Waals surface area contributed by atoms with Crippen molar-refractivity contribution in [3.8, 4) is 17.2 Å². The van der Waals surface area contributed by atoms with Crippen molar-refractivity contribution in [3.63, 3.8) is 0 Å². The lowest BCUT2D eigenvalue weighted by Crippen LogP contribution is -2.28. The summed E-state index contributed by atoms with van der Waals surface area (Å²) in [5.74, 6) is 1.60. The minimum atomic E-state index is -0.253. The standard InChI is InChI=1S/C22H30N2O4/c1-6-24(7-2)12-13-28-19-11-9-8-10-18(19)23-22(25)17-14-20(26-4)16(3)21(15-17)27-5/h8-11,14-15H,6-7,12-13H2,1-5H3,(H,23,25). The van der Waals surface area contributed by atoms with Gasteiger partial charge in [-0.1, -0.05) is 26.0 Å². The molecule has 0 atom stereocenters. The molecule has 1 amide bonds. The van der Waals surface area contributed by atoms with Gasteiger partial charge in [0.15, 0.2) is 0 Å². The van der Waals surface area contributed by atoms with E-state index in [-0.39, 0.29) is 5.91 Å². The predicted octanol–water partition coefficient (Wildman–Crippen LogP) is 3.99. The van der Waals surface area contributed by atoms with Crippen LogP contribution in [-0.2, 0) is 0 Å². The SMILES string of the molecule is CCN(CC)CCOc1ccccc1NC(=O)c1cc(OC)c(C)c(OC)c1. The highest BCUT2D eigenvalue weighted by molar-refractivity contribution is 6.05. The molecule has 28 heavy (non-hydrogen) atoms. The molecule has 0 saturated carbocycles. The Balaban J connectivity index is 2.14. The molecule has 0 spiro atoms. The monoisotopic (exact) mass is 386 g/mol. The Morgan fingerprint density at radius 3 is 2.18 bits per heavy atom. The summed E-state index contributed by atoms with van der Waals surface area (Å²) in [5, 5.41) is 2.93. The fourth-order valence-electron chi connectivity index (χ4n) is 2.93. The molecule has 0 fully saturated rings. The van der Waals surface area contributed by atoms with Crippen LogP contribution in [0.3, 0.4) is 0 Å². The average Bonchev–Trinajstić information content (AvgIpc) is 2.72. The molecule has 1 N–H and O–H groups in total. The molecule has 0 aliphatic carbocycles. The Morgan fingerprint density at radius 2 is 1.61 bits per heavy atom. The van der Waals surface area contributed by atoms with Gasteiger partial charge in [0.05, 0.1) is 19.9 Å². The second kappa shape index (κ2) is 10.6. The van der Waals surface area contributed by atoms with Gasteiger partial charge in [-0.3, -0.25) is 4.79 Å². The second-order valence-electron chi connectivity index (χ2n) is 6.33. The summed E-state index contributed by atoms with van der Waals surface area (Å²) in [7, 11) is 3.14. The number of para-hydroxylation sites is 2. The van der Waals surface area contributed by atoms with Gasteiger partial charge in [-0.2, -0.15) is 0 Å². The van der Waals surface area contributed by atoms with E-state index in [4.69, 9.17) is 14.2 Å². The summed E-state index contributed by atoms with van der Waals surface area (Å²) in [5.41, 5.74) is 1.93. The van der Waals surface area contributed by atoms with E-state index in [1.807, 2.05) is 31.2 Å². The molecule has 0 bridgehead atoms. The molecule has 152 valence electrons. The highest BCUT2D eigenvalue weighted by Gasteiger charge is 2.15. The maximum Gasteiger partial charge on any atom is 0.256 e. The molecule has 6 nitrogen and oxygen atoms in total. The minimum absolute atomic E-state index is 0.253. The van der Waals surface area contributed by atoms with Gasteiger partial charge in [0, 0.05) is 17.7 Å². The molecule has 0 radical (unpaired) electrons. The van der Waals surface area contributed by atoms with Gasteiger partial charge in [0.1, 0.15) is 23.9 Å². The first-order chi connectivity index (χ1) is 13.5. The average molecular weight is 386 g/mol. The van der Waals surface area contributed by atoms with Crippen LogP contribution in [0.15, 0.2) is 36.4 Å². The highest BCUT2D eigenvalue weighted by atomic mass is 16.5. The number of rotatable bonds is 10. The number of nitrogens with one attached hydrogen (secondary N) is 1. The van der Waals surface area contributed by atoms with Crippen LogP contribution in [0.2, 0.25) is 0 Å². The Hall–Kier alpha value is -2.73. The highest BCUT2D eigenvalue weighted by Crippen LogP contribution is 2.30. The zero-order valence-corrected chi connectivity index (χ0v) is 17.4. The van der Waals surface area contributed by atoms with Gasteiger partial charge in [-0.25, -0.2) is 0 Å². The zero-order valence-electron chi connectivity index (χ0n) is 17.4. The first-order valence-electron chi connectivity index (χ1n) is 9.52. The van der Waals surface area contributed by atoms with Crippen LogP contribution in [0, 0.1) is 6.92 Å². The Bertz CT molecular complexity index is 763. The minimum Gasteiger partial charge on any atom is -0.496 e. The van der Waals surface area contributed by atoms with Gasteiger partial charge in [0.25, 0.3) is 5.91 Å². The van der Waals surface area contributed by atoms with Crippen LogP contribution in [0.4, 0.5) is 5.69 Å². The Kier molecular flexibility index (Phi) is 8.14. The van der Waals surface area contributed by atoms with Crippen molar-refractivity contribution < 1.29 is 19.0 Å². The number of amides is 1. The molecule has 6 heteroatoms. The van der Waals surface area contributed by atoms with Crippen LogP contribution in [-0.4, -0.2) is 51.3 Å². The van der Waals surface area contributed by atoms with E-state index in [9.17, 15) is 4.79 Å². The van der Waals surface area contributed by atoms with Crippen molar-refractivity contribution >= 4 is 11.6 Å². The van der Waals surface area contributed by atoms with Gasteiger partial charge in [0.2, 0.25) is 0 Å². The van der Waals surface area contributed by atoms with Gasteiger partial charge in [-0.05, 0) is 44.3 Å². The fraction of sp³-hybridized carbons (Fsp3) is 0.409. The predicted molar refractivity (Wildman–Crippen MR) is 112 cm³/mol. The van der Waals surface area contributed by atoms with E-state index in [2.05, 4.69) is 24.1 Å². The number of carbonyl (C=O) groups excluding carboxylic acids is 1. The third-order valence-corrected chi connectivity index (χ3v) is 4.71. The molecule has 0 aliphatic rings. The molecule has 0 aromatic heterocycles. The quantitative estimate of drug-likeness (QED) is 0.669. The van der Waals surface area contributed by atoms with Gasteiger partial charge >= 0.3 is 0 Å². The van der Waals surface area contributed by atoms with E-state index in [1.165, 1.54) is 0 Å². The van der Waals surface area contributed by atoms with Crippen LogP contribution < -0.4 is 19.5 Å². The van der Waals surface area contributed by atoms with E-state index >= 15 is 0 Å². The van der Waals surface area contributed by atoms with Crippen molar-refractivity contribution in [2.24, 2.45) is 0 Å². The maximum absolute atomic E-state index is 12.8. The molecule has 2 rings (SSSR count).